The van der Waals surface area contributed by atoms with E-state index < -0.39 is 21.9 Å². The summed E-state index contributed by atoms with van der Waals surface area (Å²) in [6, 6.07) is 2.32. The molecule has 1 aromatic carbocycles. The Balaban J connectivity index is 2.95. The molecule has 0 radical (unpaired) electrons. The van der Waals surface area contributed by atoms with Gasteiger partial charge in [0.15, 0.2) is 0 Å². The van der Waals surface area contributed by atoms with Crippen LogP contribution in [0.15, 0.2) is 17.0 Å². The zero-order valence-corrected chi connectivity index (χ0v) is 11.9. The van der Waals surface area contributed by atoms with Crippen molar-refractivity contribution < 1.29 is 22.7 Å². The van der Waals surface area contributed by atoms with Crippen LogP contribution in [0.5, 0.6) is 0 Å². The zero-order valence-electron chi connectivity index (χ0n) is 11.1. The average molecular weight is 291 g/mol. The van der Waals surface area contributed by atoms with Crippen LogP contribution in [0.2, 0.25) is 0 Å². The lowest BCUT2D eigenvalue weighted by Crippen LogP contribution is -2.35. The van der Waals surface area contributed by atoms with Crippen LogP contribution >= 0.6 is 0 Å². The summed E-state index contributed by atoms with van der Waals surface area (Å²) in [5.41, 5.74) is 0.650. The number of halogens is 1. The fourth-order valence-electron chi connectivity index (χ4n) is 1.85. The van der Waals surface area contributed by atoms with E-state index in [1.165, 1.54) is 21.0 Å². The number of nitrogens with one attached hydrogen (secondary N) is 1. The summed E-state index contributed by atoms with van der Waals surface area (Å²) in [5, 5.41) is 9.43. The van der Waals surface area contributed by atoms with Gasteiger partial charge in [-0.1, -0.05) is 0 Å². The fourth-order valence-corrected chi connectivity index (χ4v) is 3.37. The molecule has 0 spiro atoms. The Morgan fingerprint density at radius 1 is 1.37 bits per heavy atom. The van der Waals surface area contributed by atoms with Crippen LogP contribution < -0.4 is 4.72 Å². The molecule has 0 aliphatic carbocycles. The van der Waals surface area contributed by atoms with Gasteiger partial charge in [0.25, 0.3) is 0 Å². The first-order valence-corrected chi connectivity index (χ1v) is 7.19. The summed E-state index contributed by atoms with van der Waals surface area (Å²) in [6.45, 7) is 2.92. The van der Waals surface area contributed by atoms with Gasteiger partial charge < -0.3 is 9.84 Å². The summed E-state index contributed by atoms with van der Waals surface area (Å²) in [6.07, 6.45) is -0.930. The number of sulfonamides is 1. The van der Waals surface area contributed by atoms with Crippen molar-refractivity contribution in [1.29, 1.82) is 0 Å². The minimum Gasteiger partial charge on any atom is -0.389 e. The van der Waals surface area contributed by atoms with E-state index >= 15 is 0 Å². The van der Waals surface area contributed by atoms with Crippen LogP contribution in [0, 0.1) is 19.7 Å². The highest BCUT2D eigenvalue weighted by Gasteiger charge is 2.21. The number of aliphatic hydroxyl groups is 1. The third-order valence-electron chi connectivity index (χ3n) is 2.56. The van der Waals surface area contributed by atoms with E-state index in [1.807, 2.05) is 0 Å². The van der Waals surface area contributed by atoms with Gasteiger partial charge in [-0.15, -0.1) is 0 Å². The van der Waals surface area contributed by atoms with E-state index in [1.54, 1.807) is 0 Å². The number of aliphatic hydroxyl groups excluding tert-OH is 1. The smallest absolute Gasteiger partial charge is 0.241 e. The number of benzene rings is 1. The molecule has 0 aromatic heterocycles. The molecule has 0 bridgehead atoms. The summed E-state index contributed by atoms with van der Waals surface area (Å²) in [5.74, 6) is -0.478. The second-order valence-electron chi connectivity index (χ2n) is 4.33. The van der Waals surface area contributed by atoms with Gasteiger partial charge in [0.2, 0.25) is 10.0 Å². The fraction of sp³-hybridized carbons (Fsp3) is 0.500. The maximum absolute atomic E-state index is 13.1. The van der Waals surface area contributed by atoms with Crippen molar-refractivity contribution in [3.63, 3.8) is 0 Å². The molecule has 5 nitrogen and oxygen atoms in total. The Morgan fingerprint density at radius 3 is 2.37 bits per heavy atom. The highest BCUT2D eigenvalue weighted by molar-refractivity contribution is 7.89. The van der Waals surface area contributed by atoms with Gasteiger partial charge in [0.05, 0.1) is 17.6 Å². The van der Waals surface area contributed by atoms with Crippen LogP contribution in [0.4, 0.5) is 4.39 Å². The monoisotopic (exact) mass is 291 g/mol. The molecule has 1 atom stereocenters. The first-order chi connectivity index (χ1) is 8.77. The largest absolute Gasteiger partial charge is 0.389 e. The first kappa shape index (κ1) is 16.0. The van der Waals surface area contributed by atoms with E-state index in [4.69, 9.17) is 4.74 Å². The molecule has 1 unspecified atom stereocenters. The topological polar surface area (TPSA) is 75.6 Å². The number of methoxy groups -OCH3 is 1. The summed E-state index contributed by atoms with van der Waals surface area (Å²) in [7, 11) is -2.38. The Kier molecular flexibility index (Phi) is 5.42. The molecular weight excluding hydrogens is 273 g/mol. The third-order valence-corrected chi connectivity index (χ3v) is 4.29. The standard InChI is InChI=1S/C12H18FNO4S/c1-8-4-10(13)5-9(2)12(8)19(16,17)14-6-11(15)7-18-3/h4-5,11,14-15H,6-7H2,1-3H3. The number of hydrogen-bond donors (Lipinski definition) is 2. The van der Waals surface area contributed by atoms with Crippen molar-refractivity contribution in [1.82, 2.24) is 4.72 Å². The molecular formula is C12H18FNO4S. The molecule has 0 aliphatic heterocycles. The highest BCUT2D eigenvalue weighted by atomic mass is 32.2. The van der Waals surface area contributed by atoms with Crippen molar-refractivity contribution in [3.05, 3.63) is 29.1 Å². The van der Waals surface area contributed by atoms with Gasteiger partial charge in [-0.3, -0.25) is 0 Å². The van der Waals surface area contributed by atoms with E-state index in [2.05, 4.69) is 4.72 Å². The summed E-state index contributed by atoms with van der Waals surface area (Å²) in [4.78, 5) is 0.0403. The van der Waals surface area contributed by atoms with Gasteiger partial charge in [-0.2, -0.15) is 0 Å². The molecule has 19 heavy (non-hydrogen) atoms. The number of ether oxygens (including phenoxy) is 1. The maximum Gasteiger partial charge on any atom is 0.241 e. The van der Waals surface area contributed by atoms with Crippen LogP contribution in [0.1, 0.15) is 11.1 Å². The minimum atomic E-state index is -3.78. The summed E-state index contributed by atoms with van der Waals surface area (Å²) < 4.78 is 44.3. The quantitative estimate of drug-likeness (QED) is 0.810. The minimum absolute atomic E-state index is 0.0316. The predicted octanol–water partition coefficient (Wildman–Crippen LogP) is 0.728. The van der Waals surface area contributed by atoms with E-state index in [0.29, 0.717) is 11.1 Å². The lowest BCUT2D eigenvalue weighted by Gasteiger charge is -2.14. The second-order valence-corrected chi connectivity index (χ2v) is 6.03. The van der Waals surface area contributed by atoms with Crippen LogP contribution in [-0.2, 0) is 14.8 Å². The SMILES string of the molecule is COCC(O)CNS(=O)(=O)c1c(C)cc(F)cc1C. The third kappa shape index (κ3) is 4.24. The Hall–Kier alpha value is -1.02. The number of rotatable bonds is 6. The predicted molar refractivity (Wildman–Crippen MR) is 68.9 cm³/mol. The molecule has 0 saturated heterocycles. The number of aryl methyl sites for hydroxylation is 2. The van der Waals surface area contributed by atoms with Gasteiger partial charge in [0.1, 0.15) is 5.82 Å². The molecule has 0 aliphatic rings. The molecule has 0 fully saturated rings. The molecule has 0 heterocycles. The Labute approximate surface area is 112 Å². The van der Waals surface area contributed by atoms with Crippen molar-refractivity contribution in [2.45, 2.75) is 24.8 Å². The van der Waals surface area contributed by atoms with Gasteiger partial charge >= 0.3 is 0 Å². The van der Waals surface area contributed by atoms with Crippen LogP contribution in [0.3, 0.4) is 0 Å². The zero-order chi connectivity index (χ0) is 14.6. The normalized spacial score (nSPS) is 13.5. The molecule has 1 aromatic rings. The molecule has 1 rings (SSSR count). The van der Waals surface area contributed by atoms with E-state index in [-0.39, 0.29) is 18.0 Å². The van der Waals surface area contributed by atoms with Crippen LogP contribution in [0.25, 0.3) is 0 Å². The molecule has 0 saturated carbocycles. The van der Waals surface area contributed by atoms with E-state index in [9.17, 15) is 17.9 Å². The molecule has 7 heteroatoms. The van der Waals surface area contributed by atoms with E-state index in [0.717, 1.165) is 12.1 Å². The van der Waals surface area contributed by atoms with Gasteiger partial charge in [-0.25, -0.2) is 17.5 Å². The second kappa shape index (κ2) is 6.42. The lowest BCUT2D eigenvalue weighted by molar-refractivity contribution is 0.0679. The number of hydrogen-bond acceptors (Lipinski definition) is 4. The molecule has 2 N–H and O–H groups in total. The molecule has 108 valence electrons. The van der Waals surface area contributed by atoms with Crippen molar-refractivity contribution in [2.24, 2.45) is 0 Å². The van der Waals surface area contributed by atoms with Crippen molar-refractivity contribution >= 4 is 10.0 Å². The van der Waals surface area contributed by atoms with Crippen molar-refractivity contribution in [2.75, 3.05) is 20.3 Å². The van der Waals surface area contributed by atoms with Crippen molar-refractivity contribution in [3.8, 4) is 0 Å². The Morgan fingerprint density at radius 2 is 1.89 bits per heavy atom. The van der Waals surface area contributed by atoms with Crippen LogP contribution in [-0.4, -0.2) is 39.9 Å². The lowest BCUT2D eigenvalue weighted by atomic mass is 10.1. The highest BCUT2D eigenvalue weighted by Crippen LogP contribution is 2.21. The van der Waals surface area contributed by atoms with Gasteiger partial charge in [0, 0.05) is 13.7 Å². The maximum atomic E-state index is 13.1. The Bertz CT molecular complexity index is 522. The average Bonchev–Trinajstić information content (AvgIpc) is 2.25. The molecule has 0 amide bonds. The van der Waals surface area contributed by atoms with Gasteiger partial charge in [-0.05, 0) is 37.1 Å². The first-order valence-electron chi connectivity index (χ1n) is 5.71. The summed E-state index contributed by atoms with van der Waals surface area (Å²) >= 11 is 0.